The number of hydrogen-bond acceptors (Lipinski definition) is 3. The maximum absolute atomic E-state index is 11.2. The average molecular weight is 314 g/mol. The van der Waals surface area contributed by atoms with E-state index < -0.39 is 6.10 Å². The van der Waals surface area contributed by atoms with Crippen LogP contribution in [0.1, 0.15) is 70.2 Å². The van der Waals surface area contributed by atoms with Gasteiger partial charge in [0, 0.05) is 6.04 Å². The molecule has 1 saturated carbocycles. The van der Waals surface area contributed by atoms with Gasteiger partial charge in [-0.3, -0.25) is 4.68 Å². The molecule has 1 aliphatic carbocycles. The SMILES string of the molecule is CC(C)n1ncc(Cl)c1C(O)C1(N(C)C)CCCCCC1. The fraction of sp³-hybridized carbons (Fsp3) is 0.812. The Balaban J connectivity index is 2.43. The van der Waals surface area contributed by atoms with E-state index >= 15 is 0 Å². The molecule has 0 bridgehead atoms. The van der Waals surface area contributed by atoms with Crippen LogP contribution in [0.2, 0.25) is 5.02 Å². The van der Waals surface area contributed by atoms with E-state index in [1.165, 1.54) is 12.8 Å². The fourth-order valence-corrected chi connectivity index (χ4v) is 3.81. The third kappa shape index (κ3) is 3.13. The van der Waals surface area contributed by atoms with E-state index in [1.54, 1.807) is 6.20 Å². The van der Waals surface area contributed by atoms with Crippen LogP contribution in [-0.2, 0) is 0 Å². The smallest absolute Gasteiger partial charge is 0.115 e. The Labute approximate surface area is 133 Å². The van der Waals surface area contributed by atoms with Crippen molar-refractivity contribution in [2.24, 2.45) is 0 Å². The number of nitrogens with zero attached hydrogens (tertiary/aromatic N) is 3. The summed E-state index contributed by atoms with van der Waals surface area (Å²) in [5.74, 6) is 0. The molecular formula is C16H28ClN3O. The molecular weight excluding hydrogens is 286 g/mol. The second-order valence-corrected chi connectivity index (χ2v) is 7.14. The van der Waals surface area contributed by atoms with Gasteiger partial charge in [-0.2, -0.15) is 5.10 Å². The predicted octanol–water partition coefficient (Wildman–Crippen LogP) is 3.81. The van der Waals surface area contributed by atoms with Crippen LogP contribution in [0.4, 0.5) is 0 Å². The summed E-state index contributed by atoms with van der Waals surface area (Å²) in [5, 5.41) is 16.1. The zero-order valence-electron chi connectivity index (χ0n) is 13.6. The van der Waals surface area contributed by atoms with Gasteiger partial charge < -0.3 is 10.0 Å². The zero-order valence-corrected chi connectivity index (χ0v) is 14.4. The van der Waals surface area contributed by atoms with Crippen molar-refractivity contribution >= 4 is 11.6 Å². The van der Waals surface area contributed by atoms with E-state index in [2.05, 4.69) is 37.9 Å². The van der Waals surface area contributed by atoms with Crippen LogP contribution in [-0.4, -0.2) is 39.4 Å². The standard InChI is InChI=1S/C16H28ClN3O/c1-12(2)20-14(13(17)11-18-20)15(21)16(19(3)4)9-7-5-6-8-10-16/h11-12,15,21H,5-10H2,1-4H3. The molecule has 1 heterocycles. The van der Waals surface area contributed by atoms with Crippen molar-refractivity contribution < 1.29 is 5.11 Å². The average Bonchev–Trinajstić information content (AvgIpc) is 2.66. The van der Waals surface area contributed by atoms with E-state index in [1.807, 2.05) is 4.68 Å². The molecule has 0 spiro atoms. The van der Waals surface area contributed by atoms with E-state index in [-0.39, 0.29) is 11.6 Å². The van der Waals surface area contributed by atoms with E-state index in [0.29, 0.717) is 5.02 Å². The molecule has 1 N–H and O–H groups in total. The molecule has 0 aliphatic heterocycles. The van der Waals surface area contributed by atoms with Crippen LogP contribution in [0.5, 0.6) is 0 Å². The Morgan fingerprint density at radius 2 is 1.81 bits per heavy atom. The van der Waals surface area contributed by atoms with Crippen LogP contribution in [0, 0.1) is 0 Å². The molecule has 0 radical (unpaired) electrons. The predicted molar refractivity (Wildman–Crippen MR) is 86.7 cm³/mol. The van der Waals surface area contributed by atoms with E-state index in [9.17, 15) is 5.11 Å². The minimum atomic E-state index is -0.608. The van der Waals surface area contributed by atoms with Crippen LogP contribution >= 0.6 is 11.6 Å². The summed E-state index contributed by atoms with van der Waals surface area (Å²) in [6.45, 7) is 4.13. The van der Waals surface area contributed by atoms with Crippen molar-refractivity contribution in [3.63, 3.8) is 0 Å². The van der Waals surface area contributed by atoms with Gasteiger partial charge in [-0.05, 0) is 40.8 Å². The molecule has 1 atom stereocenters. The van der Waals surface area contributed by atoms with Crippen LogP contribution in [0.25, 0.3) is 0 Å². The van der Waals surface area contributed by atoms with Gasteiger partial charge in [0.05, 0.1) is 22.5 Å². The molecule has 0 aromatic carbocycles. The van der Waals surface area contributed by atoms with E-state index in [4.69, 9.17) is 11.6 Å². The van der Waals surface area contributed by atoms with Gasteiger partial charge in [0.15, 0.2) is 0 Å². The summed E-state index contributed by atoms with van der Waals surface area (Å²) in [6, 6.07) is 0.187. The van der Waals surface area contributed by atoms with Crippen molar-refractivity contribution in [2.75, 3.05) is 14.1 Å². The Morgan fingerprint density at radius 3 is 2.29 bits per heavy atom. The van der Waals surface area contributed by atoms with Crippen molar-refractivity contribution in [3.8, 4) is 0 Å². The fourth-order valence-electron chi connectivity index (χ4n) is 3.58. The highest BCUT2D eigenvalue weighted by atomic mass is 35.5. The summed E-state index contributed by atoms with van der Waals surface area (Å²) in [7, 11) is 4.14. The number of aromatic nitrogens is 2. The maximum atomic E-state index is 11.2. The maximum Gasteiger partial charge on any atom is 0.115 e. The first kappa shape index (κ1) is 16.8. The highest BCUT2D eigenvalue weighted by Crippen LogP contribution is 2.43. The molecule has 5 heteroatoms. The van der Waals surface area contributed by atoms with Gasteiger partial charge in [-0.1, -0.05) is 37.3 Å². The second kappa shape index (κ2) is 6.67. The first-order chi connectivity index (χ1) is 9.90. The summed E-state index contributed by atoms with van der Waals surface area (Å²) < 4.78 is 1.86. The first-order valence-electron chi connectivity index (χ1n) is 7.98. The molecule has 1 aromatic rings. The van der Waals surface area contributed by atoms with Gasteiger partial charge >= 0.3 is 0 Å². The molecule has 4 nitrogen and oxygen atoms in total. The lowest BCUT2D eigenvalue weighted by molar-refractivity contribution is -0.0250. The van der Waals surface area contributed by atoms with Crippen molar-refractivity contribution in [2.45, 2.75) is 70.1 Å². The number of rotatable bonds is 4. The summed E-state index contributed by atoms with van der Waals surface area (Å²) in [6.07, 6.45) is 7.86. The number of hydrogen-bond donors (Lipinski definition) is 1. The number of aliphatic hydroxyl groups is 1. The molecule has 1 fully saturated rings. The van der Waals surface area contributed by atoms with Gasteiger partial charge in [-0.25, -0.2) is 0 Å². The lowest BCUT2D eigenvalue weighted by atomic mass is 9.81. The third-order valence-corrected chi connectivity index (χ3v) is 5.20. The van der Waals surface area contributed by atoms with Crippen LogP contribution < -0.4 is 0 Å². The van der Waals surface area contributed by atoms with E-state index in [0.717, 1.165) is 31.4 Å². The lowest BCUT2D eigenvalue weighted by Gasteiger charge is -2.43. The van der Waals surface area contributed by atoms with Crippen LogP contribution in [0.15, 0.2) is 6.20 Å². The first-order valence-corrected chi connectivity index (χ1v) is 8.36. The summed E-state index contributed by atoms with van der Waals surface area (Å²) >= 11 is 6.35. The molecule has 2 rings (SSSR count). The molecule has 0 saturated heterocycles. The summed E-state index contributed by atoms with van der Waals surface area (Å²) in [4.78, 5) is 2.19. The van der Waals surface area contributed by atoms with Gasteiger partial charge in [0.2, 0.25) is 0 Å². The largest absolute Gasteiger partial charge is 0.385 e. The van der Waals surface area contributed by atoms with Gasteiger partial charge in [-0.15, -0.1) is 0 Å². The second-order valence-electron chi connectivity index (χ2n) is 6.73. The number of aliphatic hydroxyl groups excluding tert-OH is 1. The topological polar surface area (TPSA) is 41.3 Å². The van der Waals surface area contributed by atoms with Crippen molar-refractivity contribution in [3.05, 3.63) is 16.9 Å². The Hall–Kier alpha value is -0.580. The van der Waals surface area contributed by atoms with Gasteiger partial charge in [0.1, 0.15) is 6.10 Å². The lowest BCUT2D eigenvalue weighted by Crippen LogP contribution is -2.49. The monoisotopic (exact) mass is 313 g/mol. The zero-order chi connectivity index (χ0) is 15.6. The Morgan fingerprint density at radius 1 is 1.24 bits per heavy atom. The summed E-state index contributed by atoms with van der Waals surface area (Å²) in [5.41, 5.74) is 0.523. The molecule has 120 valence electrons. The van der Waals surface area contributed by atoms with Crippen LogP contribution in [0.3, 0.4) is 0 Å². The van der Waals surface area contributed by atoms with Gasteiger partial charge in [0.25, 0.3) is 0 Å². The number of halogens is 1. The normalized spacial score (nSPS) is 20.8. The highest BCUT2D eigenvalue weighted by molar-refractivity contribution is 6.31. The highest BCUT2D eigenvalue weighted by Gasteiger charge is 2.43. The molecule has 21 heavy (non-hydrogen) atoms. The molecule has 0 amide bonds. The Bertz CT molecular complexity index is 462. The molecule has 1 aromatic heterocycles. The minimum Gasteiger partial charge on any atom is -0.385 e. The molecule has 1 aliphatic rings. The molecule has 1 unspecified atom stereocenters. The van der Waals surface area contributed by atoms with Crippen molar-refractivity contribution in [1.29, 1.82) is 0 Å². The quantitative estimate of drug-likeness (QED) is 0.859. The third-order valence-electron chi connectivity index (χ3n) is 4.90. The number of likely N-dealkylation sites (N-methyl/N-ethyl adjacent to an activating group) is 1. The minimum absolute atomic E-state index is 0.187. The Kier molecular flexibility index (Phi) is 5.33. The van der Waals surface area contributed by atoms with Crippen molar-refractivity contribution in [1.82, 2.24) is 14.7 Å².